The maximum atomic E-state index is 8.74. The zero-order chi connectivity index (χ0) is 4.50. The maximum Gasteiger partial charge on any atom is 0.394 e. The van der Waals surface area contributed by atoms with Gasteiger partial charge in [-0.3, -0.25) is 9.11 Å². The third kappa shape index (κ3) is 591. The average molecular weight is 139 g/mol. The van der Waals surface area contributed by atoms with E-state index in [2.05, 4.69) is 0 Å². The molecule has 0 saturated carbocycles. The molecule has 0 atom stereocenters. The van der Waals surface area contributed by atoms with E-state index < -0.39 is 10.4 Å². The summed E-state index contributed by atoms with van der Waals surface area (Å²) in [6, 6.07) is 0. The molecule has 0 spiro atoms. The molecule has 0 aromatic rings. The smallest absolute Gasteiger partial charge is 0.264 e. The van der Waals surface area contributed by atoms with Crippen LogP contribution in [0.3, 0.4) is 0 Å². The van der Waals surface area contributed by atoms with Gasteiger partial charge in [-0.1, -0.05) is 0 Å². The van der Waals surface area contributed by atoms with Crippen molar-refractivity contribution in [2.75, 3.05) is 0 Å². The Balaban J connectivity index is -0.0000000800. The van der Waals surface area contributed by atoms with Crippen LogP contribution in [-0.4, -0.2) is 43.3 Å². The third-order valence-electron chi connectivity index (χ3n) is 0. The molecule has 0 fully saturated rings. The van der Waals surface area contributed by atoms with Gasteiger partial charge in [0, 0.05) is 8.41 Å². The highest BCUT2D eigenvalue weighted by Crippen LogP contribution is 1.59. The molecule has 0 aliphatic carbocycles. The fourth-order valence-electron chi connectivity index (χ4n) is 0. The number of hydrogen-bond donors (Lipinski definition) is 2. The van der Waals surface area contributed by atoms with Crippen molar-refractivity contribution in [2.24, 2.45) is 0 Å². The number of rotatable bonds is 0. The van der Waals surface area contributed by atoms with Crippen molar-refractivity contribution in [3.63, 3.8) is 0 Å². The first kappa shape index (κ1) is 15.7. The van der Waals surface area contributed by atoms with Crippen molar-refractivity contribution in [3.05, 3.63) is 0 Å². The van der Waals surface area contributed by atoms with Crippen molar-refractivity contribution in [2.45, 2.75) is 0 Å². The van der Waals surface area contributed by atoms with Crippen LogP contribution in [0.1, 0.15) is 0 Å². The van der Waals surface area contributed by atoms with Gasteiger partial charge in [0.1, 0.15) is 0 Å². The minimum absolute atomic E-state index is 0. The monoisotopic (exact) mass is 139 g/mol. The summed E-state index contributed by atoms with van der Waals surface area (Å²) in [5.41, 5.74) is 0. The normalized spacial score (nSPS) is 8.29. The lowest BCUT2D eigenvalue weighted by atomic mass is 10.8. The Kier molecular flexibility index (Phi) is 10.3. The van der Waals surface area contributed by atoms with Crippen molar-refractivity contribution < 1.29 is 17.5 Å². The van der Waals surface area contributed by atoms with Gasteiger partial charge in [-0.2, -0.15) is 8.42 Å². The van der Waals surface area contributed by atoms with Crippen LogP contribution in [0.5, 0.6) is 0 Å². The van der Waals surface area contributed by atoms with E-state index in [0.29, 0.717) is 0 Å². The third-order valence-corrected chi connectivity index (χ3v) is 0. The topological polar surface area (TPSA) is 74.6 Å². The van der Waals surface area contributed by atoms with E-state index in [4.69, 9.17) is 17.5 Å². The van der Waals surface area contributed by atoms with E-state index in [1.807, 2.05) is 0 Å². The van der Waals surface area contributed by atoms with E-state index in [-0.39, 0.29) is 25.8 Å². The Morgan fingerprint density at radius 1 is 1.14 bits per heavy atom. The molecule has 0 aromatic heterocycles. The van der Waals surface area contributed by atoms with E-state index in [9.17, 15) is 0 Å². The molecule has 2 N–H and O–H groups in total. The highest BCUT2D eigenvalue weighted by atomic mass is 32.3. The summed E-state index contributed by atoms with van der Waals surface area (Å²) < 4.78 is 31.6. The van der Waals surface area contributed by atoms with Crippen LogP contribution >= 0.6 is 0 Å². The molecular formula is H5AlBO4S. The van der Waals surface area contributed by atoms with Crippen molar-refractivity contribution in [1.29, 1.82) is 0 Å². The van der Waals surface area contributed by atoms with Crippen LogP contribution in [-0.2, 0) is 10.4 Å². The molecule has 0 saturated heterocycles. The summed E-state index contributed by atoms with van der Waals surface area (Å²) in [5.74, 6) is 0. The van der Waals surface area contributed by atoms with Crippen LogP contribution in [0.2, 0.25) is 0 Å². The first-order valence-corrected chi connectivity index (χ1v) is 2.10. The number of hydrogen-bond acceptors (Lipinski definition) is 2. The molecule has 0 amide bonds. The van der Waals surface area contributed by atoms with Gasteiger partial charge in [-0.05, 0) is 0 Å². The van der Waals surface area contributed by atoms with Crippen LogP contribution in [0, 0.1) is 0 Å². The average Bonchev–Trinajstić information content (AvgIpc) is 0.722. The molecule has 4 nitrogen and oxygen atoms in total. The second-order valence-electron chi connectivity index (χ2n) is 0.448. The quantitative estimate of drug-likeness (QED) is 0.294. The standard InChI is InChI=1S/Al.B.H2O4S.3H/c;;1-5(2,3)4;;;/h;;(H2,1,2,3,4);;;. The summed E-state index contributed by atoms with van der Waals surface area (Å²) in [5, 5.41) is 0. The van der Waals surface area contributed by atoms with Crippen molar-refractivity contribution >= 4 is 36.2 Å². The maximum absolute atomic E-state index is 8.74. The summed E-state index contributed by atoms with van der Waals surface area (Å²) >= 11 is 0. The molecule has 41 valence electrons. The van der Waals surface area contributed by atoms with Gasteiger partial charge in [0.2, 0.25) is 0 Å². The molecule has 0 heterocycles. The van der Waals surface area contributed by atoms with Gasteiger partial charge in [0.15, 0.2) is 17.4 Å². The molecule has 0 aliphatic rings. The van der Waals surface area contributed by atoms with Gasteiger partial charge >= 0.3 is 10.4 Å². The van der Waals surface area contributed by atoms with Gasteiger partial charge in [0.05, 0.1) is 0 Å². The summed E-state index contributed by atoms with van der Waals surface area (Å²) in [6.45, 7) is 0. The Morgan fingerprint density at radius 2 is 1.14 bits per heavy atom. The van der Waals surface area contributed by atoms with Crippen LogP contribution in [0.15, 0.2) is 0 Å². The fraction of sp³-hybridized carbons (Fsp3) is 0. The molecule has 0 aromatic carbocycles. The second-order valence-corrected chi connectivity index (χ2v) is 1.34. The van der Waals surface area contributed by atoms with Gasteiger partial charge in [-0.25, -0.2) is 0 Å². The van der Waals surface area contributed by atoms with E-state index in [0.717, 1.165) is 0 Å². The minimum Gasteiger partial charge on any atom is -0.264 e. The predicted octanol–water partition coefficient (Wildman–Crippen LogP) is -2.22. The Labute approximate surface area is 54.2 Å². The molecule has 0 unspecified atom stereocenters. The van der Waals surface area contributed by atoms with Crippen molar-refractivity contribution in [1.82, 2.24) is 0 Å². The Morgan fingerprint density at radius 3 is 1.14 bits per heavy atom. The molecule has 7 heavy (non-hydrogen) atoms. The summed E-state index contributed by atoms with van der Waals surface area (Å²) in [4.78, 5) is 0. The highest BCUT2D eigenvalue weighted by molar-refractivity contribution is 7.79. The zero-order valence-electron chi connectivity index (χ0n) is 2.70. The van der Waals surface area contributed by atoms with Crippen LogP contribution in [0.4, 0.5) is 0 Å². The van der Waals surface area contributed by atoms with E-state index in [1.165, 1.54) is 0 Å². The van der Waals surface area contributed by atoms with Gasteiger partial charge in [-0.15, -0.1) is 0 Å². The molecule has 0 bridgehead atoms. The molecule has 7 heteroatoms. The fourth-order valence-corrected chi connectivity index (χ4v) is 0. The first-order chi connectivity index (χ1) is 2.00. The SMILES string of the molecule is O=S(=O)(O)O.[AlH3].[B]. The highest BCUT2D eigenvalue weighted by Gasteiger charge is 1.84. The van der Waals surface area contributed by atoms with E-state index >= 15 is 0 Å². The zero-order valence-corrected chi connectivity index (χ0v) is 3.51. The largest absolute Gasteiger partial charge is 0.394 e. The van der Waals surface area contributed by atoms with Crippen molar-refractivity contribution in [3.8, 4) is 0 Å². The molecule has 0 aliphatic heterocycles. The van der Waals surface area contributed by atoms with Gasteiger partial charge < -0.3 is 0 Å². The first-order valence-electron chi connectivity index (χ1n) is 0.698. The van der Waals surface area contributed by atoms with Crippen LogP contribution in [0.25, 0.3) is 0 Å². The molecule has 0 rings (SSSR count). The lowest BCUT2D eigenvalue weighted by Crippen LogP contribution is -1.89. The molecule has 3 radical (unpaired) electrons. The summed E-state index contributed by atoms with van der Waals surface area (Å²) in [6.07, 6.45) is 0. The molecular weight excluding hydrogens is 134 g/mol. The minimum atomic E-state index is -4.67. The second kappa shape index (κ2) is 4.62. The lowest BCUT2D eigenvalue weighted by molar-refractivity contribution is 0.381. The lowest BCUT2D eigenvalue weighted by Gasteiger charge is -1.68. The van der Waals surface area contributed by atoms with E-state index in [1.54, 1.807) is 0 Å². The Hall–Kier alpha value is 0.467. The van der Waals surface area contributed by atoms with Crippen LogP contribution < -0.4 is 0 Å². The summed E-state index contributed by atoms with van der Waals surface area (Å²) in [7, 11) is -4.67. The predicted molar refractivity (Wildman–Crippen MR) is 29.9 cm³/mol. The van der Waals surface area contributed by atoms with Gasteiger partial charge in [0.25, 0.3) is 0 Å². The Bertz CT molecular complexity index is 94.9.